The Morgan fingerprint density at radius 2 is 2.23 bits per heavy atom. The number of carbonyl (C=O) groups excluding carboxylic acids is 4. The molecular weight excluding hydrogens is 491 g/mol. The maximum absolute atomic E-state index is 12.5. The Balaban J connectivity index is 1.68. The van der Waals surface area contributed by atoms with Crippen LogP contribution in [-0.2, 0) is 30.3 Å². The highest BCUT2D eigenvalue weighted by Gasteiger charge is 2.56. The molecule has 0 spiro atoms. The predicted molar refractivity (Wildman–Crippen MR) is 106 cm³/mol. The van der Waals surface area contributed by atoms with Gasteiger partial charge >= 0.3 is 5.97 Å². The van der Waals surface area contributed by atoms with Gasteiger partial charge in [-0.2, -0.15) is 11.3 Å². The molecule has 1 saturated heterocycles. The molecule has 3 heterocycles. The first-order chi connectivity index (χ1) is 12.6. The zero-order valence-electron chi connectivity index (χ0n) is 13.4. The molecular formula is C16H15IN2O5S2. The number of carbonyl (C=O) groups is 4. The Morgan fingerprint density at radius 1 is 1.42 bits per heavy atom. The van der Waals surface area contributed by atoms with Crippen LogP contribution >= 0.6 is 45.7 Å². The standard InChI is InChI=1S/C16H15IN2O5S2/c17-2-3-24-16(23)13-10(6-20)8-26-15-12(14(22)19(13)15)18-11(21)5-9-1-4-25-7-9/h1,4,6-8,12-13,15H,2-3,5H2,(H,18,21)/t12?,13?,15-/m0/s1. The lowest BCUT2D eigenvalue weighted by Gasteiger charge is -2.51. The minimum absolute atomic E-state index is 0.195. The van der Waals surface area contributed by atoms with Gasteiger partial charge in [0.15, 0.2) is 6.04 Å². The number of hydrogen-bond donors (Lipinski definition) is 1. The first kappa shape index (κ1) is 19.4. The number of fused-ring (bicyclic) bond motifs is 1. The number of thioether (sulfide) groups is 1. The normalized spacial score (nSPS) is 24.2. The first-order valence-electron chi connectivity index (χ1n) is 7.72. The molecule has 2 aliphatic rings. The Morgan fingerprint density at radius 3 is 2.88 bits per heavy atom. The van der Waals surface area contributed by atoms with Crippen molar-refractivity contribution in [3.63, 3.8) is 0 Å². The highest BCUT2D eigenvalue weighted by atomic mass is 127. The summed E-state index contributed by atoms with van der Waals surface area (Å²) >= 11 is 4.81. The van der Waals surface area contributed by atoms with E-state index >= 15 is 0 Å². The van der Waals surface area contributed by atoms with E-state index in [-0.39, 0.29) is 30.4 Å². The summed E-state index contributed by atoms with van der Waals surface area (Å²) in [5, 5.41) is 7.62. The van der Waals surface area contributed by atoms with E-state index in [1.165, 1.54) is 28.0 Å². The van der Waals surface area contributed by atoms with Gasteiger partial charge in [-0.25, -0.2) is 4.79 Å². The average Bonchev–Trinajstić information content (AvgIpc) is 3.15. The van der Waals surface area contributed by atoms with Crippen molar-refractivity contribution in [2.45, 2.75) is 23.9 Å². The molecule has 0 bridgehead atoms. The maximum Gasteiger partial charge on any atom is 0.333 e. The van der Waals surface area contributed by atoms with Gasteiger partial charge in [-0.15, -0.1) is 11.8 Å². The van der Waals surface area contributed by atoms with Crippen molar-refractivity contribution in [2.75, 3.05) is 11.0 Å². The first-order valence-corrected chi connectivity index (χ1v) is 11.1. The number of rotatable bonds is 7. The molecule has 2 amide bonds. The summed E-state index contributed by atoms with van der Waals surface area (Å²) < 4.78 is 5.73. The Bertz CT molecular complexity index is 752. The smallest absolute Gasteiger partial charge is 0.333 e. The van der Waals surface area contributed by atoms with Crippen LogP contribution in [0.25, 0.3) is 0 Å². The van der Waals surface area contributed by atoms with Crippen LogP contribution in [0.15, 0.2) is 27.8 Å². The SMILES string of the molecule is O=CC1=CS[C@H]2C(NC(=O)Cc3ccsc3)C(=O)N2C1C(=O)OCCI. The quantitative estimate of drug-likeness (QED) is 0.196. The molecule has 7 nitrogen and oxygen atoms in total. The van der Waals surface area contributed by atoms with Gasteiger partial charge in [0.1, 0.15) is 24.3 Å². The molecule has 1 aromatic rings. The molecule has 0 aromatic carbocycles. The van der Waals surface area contributed by atoms with Crippen molar-refractivity contribution in [3.05, 3.63) is 33.4 Å². The molecule has 0 saturated carbocycles. The van der Waals surface area contributed by atoms with E-state index in [2.05, 4.69) is 27.9 Å². The van der Waals surface area contributed by atoms with Crippen LogP contribution in [0.3, 0.4) is 0 Å². The van der Waals surface area contributed by atoms with Crippen LogP contribution < -0.4 is 5.32 Å². The van der Waals surface area contributed by atoms with E-state index in [0.29, 0.717) is 10.7 Å². The number of nitrogens with zero attached hydrogens (tertiary/aromatic N) is 1. The third kappa shape index (κ3) is 3.81. The minimum atomic E-state index is -1.04. The van der Waals surface area contributed by atoms with Crippen molar-refractivity contribution in [1.82, 2.24) is 10.2 Å². The van der Waals surface area contributed by atoms with Gasteiger partial charge in [-0.1, -0.05) is 22.6 Å². The highest BCUT2D eigenvalue weighted by Crippen LogP contribution is 2.39. The topological polar surface area (TPSA) is 92.8 Å². The second-order valence-electron chi connectivity index (χ2n) is 5.62. The lowest BCUT2D eigenvalue weighted by atomic mass is 9.98. The zero-order valence-corrected chi connectivity index (χ0v) is 17.2. The minimum Gasteiger partial charge on any atom is -0.463 e. The Hall–Kier alpha value is -1.40. The second kappa shape index (κ2) is 8.53. The van der Waals surface area contributed by atoms with Crippen molar-refractivity contribution in [1.29, 1.82) is 0 Å². The molecule has 1 aromatic heterocycles. The Labute approximate surface area is 171 Å². The van der Waals surface area contributed by atoms with E-state index in [4.69, 9.17) is 4.74 Å². The predicted octanol–water partition coefficient (Wildman–Crippen LogP) is 1.12. The van der Waals surface area contributed by atoms with Crippen molar-refractivity contribution < 1.29 is 23.9 Å². The van der Waals surface area contributed by atoms with E-state index in [9.17, 15) is 19.2 Å². The largest absolute Gasteiger partial charge is 0.463 e. The third-order valence-corrected chi connectivity index (χ3v) is 6.32. The van der Waals surface area contributed by atoms with E-state index < -0.39 is 23.4 Å². The molecule has 3 atom stereocenters. The highest BCUT2D eigenvalue weighted by molar-refractivity contribution is 14.1. The lowest BCUT2D eigenvalue weighted by Crippen LogP contribution is -2.74. The molecule has 1 N–H and O–H groups in total. The van der Waals surface area contributed by atoms with Gasteiger partial charge in [-0.3, -0.25) is 14.4 Å². The van der Waals surface area contributed by atoms with Crippen LogP contribution in [0, 0.1) is 0 Å². The summed E-state index contributed by atoms with van der Waals surface area (Å²) in [6, 6.07) is 0.0990. The number of esters is 1. The third-order valence-electron chi connectivity index (χ3n) is 3.96. The van der Waals surface area contributed by atoms with Crippen LogP contribution in [0.2, 0.25) is 0 Å². The van der Waals surface area contributed by atoms with Crippen molar-refractivity contribution in [2.24, 2.45) is 0 Å². The van der Waals surface area contributed by atoms with Gasteiger partial charge in [0.05, 0.1) is 6.42 Å². The van der Waals surface area contributed by atoms with Crippen molar-refractivity contribution in [3.8, 4) is 0 Å². The summed E-state index contributed by atoms with van der Waals surface area (Å²) in [6.45, 7) is 0.211. The summed E-state index contributed by atoms with van der Waals surface area (Å²) in [7, 11) is 0. The number of thiophene rings is 1. The van der Waals surface area contributed by atoms with Crippen LogP contribution in [0.4, 0.5) is 0 Å². The molecule has 26 heavy (non-hydrogen) atoms. The van der Waals surface area contributed by atoms with Gasteiger partial charge in [-0.05, 0) is 27.8 Å². The number of nitrogens with one attached hydrogen (secondary N) is 1. The molecule has 0 radical (unpaired) electrons. The van der Waals surface area contributed by atoms with Gasteiger partial charge < -0.3 is 15.0 Å². The second-order valence-corrected chi connectivity index (χ2v) is 8.47. The summed E-state index contributed by atoms with van der Waals surface area (Å²) in [5.41, 5.74) is 1.08. The molecule has 1 fully saturated rings. The molecule has 2 aliphatic heterocycles. The number of amides is 2. The maximum atomic E-state index is 12.5. The molecule has 10 heteroatoms. The molecule has 2 unspecified atom stereocenters. The number of hydrogen-bond acceptors (Lipinski definition) is 7. The fourth-order valence-electron chi connectivity index (χ4n) is 2.77. The average molecular weight is 506 g/mol. The summed E-state index contributed by atoms with van der Waals surface area (Å²) in [5.74, 6) is -1.26. The van der Waals surface area contributed by atoms with Crippen molar-refractivity contribution >= 4 is 69.8 Å². The fourth-order valence-corrected chi connectivity index (χ4v) is 4.84. The number of aldehydes is 1. The molecule has 138 valence electrons. The van der Waals surface area contributed by atoms with Crippen LogP contribution in [-0.4, -0.2) is 57.5 Å². The van der Waals surface area contributed by atoms with Gasteiger partial charge in [0, 0.05) is 10.0 Å². The van der Waals surface area contributed by atoms with E-state index in [1.54, 1.807) is 5.41 Å². The zero-order chi connectivity index (χ0) is 18.7. The number of alkyl halides is 1. The number of halogens is 1. The van der Waals surface area contributed by atoms with Crippen LogP contribution in [0.1, 0.15) is 5.56 Å². The summed E-state index contributed by atoms with van der Waals surface area (Å²) in [6.07, 6.45) is 0.760. The Kier molecular flexibility index (Phi) is 6.35. The lowest BCUT2D eigenvalue weighted by molar-refractivity contribution is -0.163. The number of ether oxygens (including phenoxy) is 1. The monoisotopic (exact) mass is 506 g/mol. The number of β-lactam (4-membered cyclic amide) rings is 1. The molecule has 0 aliphatic carbocycles. The summed E-state index contributed by atoms with van der Waals surface area (Å²) in [4.78, 5) is 49.6. The van der Waals surface area contributed by atoms with E-state index in [0.717, 1.165) is 5.56 Å². The van der Waals surface area contributed by atoms with E-state index in [1.807, 2.05) is 16.8 Å². The van der Waals surface area contributed by atoms with Gasteiger partial charge in [0.2, 0.25) is 11.8 Å². The van der Waals surface area contributed by atoms with Crippen LogP contribution in [0.5, 0.6) is 0 Å². The fraction of sp³-hybridized carbons (Fsp3) is 0.375. The molecule has 3 rings (SSSR count). The van der Waals surface area contributed by atoms with Gasteiger partial charge in [0.25, 0.3) is 0 Å².